The van der Waals surface area contributed by atoms with Crippen molar-refractivity contribution in [2.45, 2.75) is 26.2 Å². The number of nitrogens with one attached hydrogen (secondary N) is 1. The van der Waals surface area contributed by atoms with Gasteiger partial charge in [-0.2, -0.15) is 0 Å². The van der Waals surface area contributed by atoms with Crippen molar-refractivity contribution in [3.63, 3.8) is 0 Å². The number of nitrogens with two attached hydrogens (primary N) is 1. The summed E-state index contributed by atoms with van der Waals surface area (Å²) in [5.41, 5.74) is 8.06. The highest BCUT2D eigenvalue weighted by molar-refractivity contribution is 5.65. The first-order chi connectivity index (χ1) is 8.79. The van der Waals surface area contributed by atoms with Gasteiger partial charge < -0.3 is 11.1 Å². The van der Waals surface area contributed by atoms with Gasteiger partial charge in [-0.3, -0.25) is 0 Å². The Kier molecular flexibility index (Phi) is 4.12. The smallest absolute Gasteiger partial charge is 0.173 e. The summed E-state index contributed by atoms with van der Waals surface area (Å²) in [4.78, 5) is 8.13. The molecule has 2 rings (SSSR count). The zero-order valence-electron chi connectivity index (χ0n) is 10.6. The van der Waals surface area contributed by atoms with Crippen molar-refractivity contribution in [3.8, 4) is 0 Å². The lowest BCUT2D eigenvalue weighted by Gasteiger charge is -2.07. The number of anilines is 3. The Bertz CT molecular complexity index is 493. The first kappa shape index (κ1) is 12.4. The van der Waals surface area contributed by atoms with Gasteiger partial charge in [0.1, 0.15) is 0 Å². The molecule has 0 aliphatic carbocycles. The second kappa shape index (κ2) is 6.00. The molecule has 0 bridgehead atoms. The molecule has 1 heterocycles. The Balaban J connectivity index is 2.04. The van der Waals surface area contributed by atoms with Gasteiger partial charge in [0.25, 0.3) is 0 Å². The summed E-state index contributed by atoms with van der Waals surface area (Å²) in [6, 6.07) is 8.34. The second-order valence-corrected chi connectivity index (χ2v) is 4.22. The van der Waals surface area contributed by atoms with E-state index in [2.05, 4.69) is 34.3 Å². The van der Waals surface area contributed by atoms with Crippen molar-refractivity contribution in [3.05, 3.63) is 42.2 Å². The van der Waals surface area contributed by atoms with Gasteiger partial charge in [0.15, 0.2) is 11.6 Å². The van der Waals surface area contributed by atoms with Crippen molar-refractivity contribution in [1.82, 2.24) is 9.97 Å². The van der Waals surface area contributed by atoms with Crippen molar-refractivity contribution in [2.75, 3.05) is 11.1 Å². The molecule has 0 aliphatic heterocycles. The number of benzene rings is 1. The van der Waals surface area contributed by atoms with Gasteiger partial charge >= 0.3 is 0 Å². The van der Waals surface area contributed by atoms with E-state index < -0.39 is 0 Å². The van der Waals surface area contributed by atoms with Gasteiger partial charge in [-0.05, 0) is 30.5 Å². The molecule has 3 N–H and O–H groups in total. The lowest BCUT2D eigenvalue weighted by molar-refractivity contribution is 0.795. The molecule has 0 spiro atoms. The third kappa shape index (κ3) is 3.20. The summed E-state index contributed by atoms with van der Waals surface area (Å²) >= 11 is 0. The van der Waals surface area contributed by atoms with Crippen molar-refractivity contribution in [1.29, 1.82) is 0 Å². The van der Waals surface area contributed by atoms with E-state index in [1.54, 1.807) is 12.4 Å². The molecular weight excluding hydrogens is 224 g/mol. The maximum atomic E-state index is 5.73. The topological polar surface area (TPSA) is 63.8 Å². The molecule has 94 valence electrons. The third-order valence-corrected chi connectivity index (χ3v) is 2.76. The number of nitrogen functional groups attached to an aromatic ring is 1. The SMILES string of the molecule is CCCCc1ccc(Nc2nccnc2N)cc1. The fraction of sp³-hybridized carbons (Fsp3) is 0.286. The minimum absolute atomic E-state index is 0.410. The molecule has 0 atom stereocenters. The molecule has 0 unspecified atom stereocenters. The number of hydrogen-bond donors (Lipinski definition) is 2. The van der Waals surface area contributed by atoms with Gasteiger partial charge in [0, 0.05) is 18.1 Å². The van der Waals surface area contributed by atoms with Crippen LogP contribution in [0.15, 0.2) is 36.7 Å². The Morgan fingerprint density at radius 2 is 1.83 bits per heavy atom. The van der Waals surface area contributed by atoms with Crippen LogP contribution < -0.4 is 11.1 Å². The van der Waals surface area contributed by atoms with Crippen LogP contribution in [0.3, 0.4) is 0 Å². The van der Waals surface area contributed by atoms with Crippen molar-refractivity contribution < 1.29 is 0 Å². The van der Waals surface area contributed by atoms with Gasteiger partial charge in [0.2, 0.25) is 0 Å². The van der Waals surface area contributed by atoms with E-state index >= 15 is 0 Å². The van der Waals surface area contributed by atoms with Crippen LogP contribution in [-0.4, -0.2) is 9.97 Å². The Labute approximate surface area is 107 Å². The number of nitrogens with zero attached hydrogens (tertiary/aromatic N) is 2. The van der Waals surface area contributed by atoms with Crippen LogP contribution in [0, 0.1) is 0 Å². The zero-order valence-corrected chi connectivity index (χ0v) is 10.6. The molecule has 0 aliphatic rings. The molecule has 1 aromatic heterocycles. The number of aromatic nitrogens is 2. The standard InChI is InChI=1S/C14H18N4/c1-2-3-4-11-5-7-12(8-6-11)18-14-13(15)16-9-10-17-14/h5-10H,2-4H2,1H3,(H2,15,16)(H,17,18). The molecule has 0 saturated heterocycles. The quantitative estimate of drug-likeness (QED) is 0.845. The van der Waals surface area contributed by atoms with E-state index in [9.17, 15) is 0 Å². The van der Waals surface area contributed by atoms with Crippen LogP contribution in [-0.2, 0) is 6.42 Å². The molecular formula is C14H18N4. The van der Waals surface area contributed by atoms with E-state index in [1.165, 1.54) is 18.4 Å². The monoisotopic (exact) mass is 242 g/mol. The first-order valence-electron chi connectivity index (χ1n) is 6.22. The zero-order chi connectivity index (χ0) is 12.8. The predicted molar refractivity (Wildman–Crippen MR) is 74.8 cm³/mol. The highest BCUT2D eigenvalue weighted by Gasteiger charge is 2.01. The molecule has 1 aromatic carbocycles. The maximum Gasteiger partial charge on any atom is 0.173 e. The fourth-order valence-electron chi connectivity index (χ4n) is 1.72. The van der Waals surface area contributed by atoms with E-state index in [-0.39, 0.29) is 0 Å². The third-order valence-electron chi connectivity index (χ3n) is 2.76. The molecule has 4 heteroatoms. The lowest BCUT2D eigenvalue weighted by atomic mass is 10.1. The van der Waals surface area contributed by atoms with Crippen LogP contribution in [0.25, 0.3) is 0 Å². The van der Waals surface area contributed by atoms with Crippen molar-refractivity contribution >= 4 is 17.3 Å². The lowest BCUT2D eigenvalue weighted by Crippen LogP contribution is -2.00. The minimum atomic E-state index is 0.410. The van der Waals surface area contributed by atoms with E-state index in [1.807, 2.05) is 12.1 Å². The highest BCUT2D eigenvalue weighted by Crippen LogP contribution is 2.19. The Morgan fingerprint density at radius 1 is 1.11 bits per heavy atom. The molecule has 2 aromatic rings. The van der Waals surface area contributed by atoms with E-state index in [4.69, 9.17) is 5.73 Å². The number of aryl methyl sites for hydroxylation is 1. The van der Waals surface area contributed by atoms with Crippen LogP contribution in [0.1, 0.15) is 25.3 Å². The average Bonchev–Trinajstić information content (AvgIpc) is 2.41. The Morgan fingerprint density at radius 3 is 2.50 bits per heavy atom. The largest absolute Gasteiger partial charge is 0.381 e. The van der Waals surface area contributed by atoms with Crippen LogP contribution in [0.4, 0.5) is 17.3 Å². The molecule has 0 saturated carbocycles. The van der Waals surface area contributed by atoms with Gasteiger partial charge in [-0.25, -0.2) is 9.97 Å². The summed E-state index contributed by atoms with van der Waals surface area (Å²) < 4.78 is 0. The highest BCUT2D eigenvalue weighted by atomic mass is 15.0. The van der Waals surface area contributed by atoms with Gasteiger partial charge in [-0.15, -0.1) is 0 Å². The van der Waals surface area contributed by atoms with E-state index in [0.29, 0.717) is 11.6 Å². The van der Waals surface area contributed by atoms with Gasteiger partial charge in [0.05, 0.1) is 0 Å². The molecule has 0 amide bonds. The minimum Gasteiger partial charge on any atom is -0.381 e. The van der Waals surface area contributed by atoms with E-state index in [0.717, 1.165) is 12.1 Å². The number of rotatable bonds is 5. The van der Waals surface area contributed by atoms with Crippen LogP contribution in [0.2, 0.25) is 0 Å². The molecule has 18 heavy (non-hydrogen) atoms. The molecule has 4 nitrogen and oxygen atoms in total. The fourth-order valence-corrected chi connectivity index (χ4v) is 1.72. The van der Waals surface area contributed by atoms with Crippen LogP contribution in [0.5, 0.6) is 0 Å². The van der Waals surface area contributed by atoms with Gasteiger partial charge in [-0.1, -0.05) is 25.5 Å². The Hall–Kier alpha value is -2.10. The summed E-state index contributed by atoms with van der Waals surface area (Å²) in [7, 11) is 0. The summed E-state index contributed by atoms with van der Waals surface area (Å²) in [5, 5.41) is 3.16. The normalized spacial score (nSPS) is 10.3. The maximum absolute atomic E-state index is 5.73. The average molecular weight is 242 g/mol. The number of hydrogen-bond acceptors (Lipinski definition) is 4. The molecule has 0 fully saturated rings. The second-order valence-electron chi connectivity index (χ2n) is 4.22. The summed E-state index contributed by atoms with van der Waals surface area (Å²) in [5.74, 6) is 1.01. The van der Waals surface area contributed by atoms with Crippen LogP contribution >= 0.6 is 0 Å². The summed E-state index contributed by atoms with van der Waals surface area (Å²) in [6.45, 7) is 2.20. The molecule has 0 radical (unpaired) electrons. The van der Waals surface area contributed by atoms with Crippen molar-refractivity contribution in [2.24, 2.45) is 0 Å². The first-order valence-corrected chi connectivity index (χ1v) is 6.22. The number of unbranched alkanes of at least 4 members (excludes halogenated alkanes) is 1. The predicted octanol–water partition coefficient (Wildman–Crippen LogP) is 3.15. The summed E-state index contributed by atoms with van der Waals surface area (Å²) in [6.07, 6.45) is 6.77.